The molecule has 0 saturated carbocycles. The van der Waals surface area contributed by atoms with Crippen LogP contribution in [0.4, 0.5) is 5.69 Å². The minimum absolute atomic E-state index is 0.120. The van der Waals surface area contributed by atoms with Crippen LogP contribution in [0.5, 0.6) is 0 Å². The molecular weight excluding hydrogens is 324 g/mol. The van der Waals surface area contributed by atoms with Crippen molar-refractivity contribution in [2.75, 3.05) is 23.7 Å². The Morgan fingerprint density at radius 2 is 1.96 bits per heavy atom. The highest BCUT2D eigenvalue weighted by Crippen LogP contribution is 2.25. The lowest BCUT2D eigenvalue weighted by molar-refractivity contribution is -0.133. The molecule has 1 aliphatic heterocycles. The number of carbonyl (C=O) groups excluding carboxylic acids is 1. The number of hydrogen-bond acceptors (Lipinski definition) is 3. The highest BCUT2D eigenvalue weighted by Gasteiger charge is 2.33. The number of carbonyl (C=O) groups is 1. The van der Waals surface area contributed by atoms with E-state index in [0.29, 0.717) is 24.7 Å². The van der Waals surface area contributed by atoms with Gasteiger partial charge < -0.3 is 4.90 Å². The molecule has 1 heterocycles. The van der Waals surface area contributed by atoms with Gasteiger partial charge >= 0.3 is 0 Å². The molecule has 0 bridgehead atoms. The first-order chi connectivity index (χ1) is 11.1. The van der Waals surface area contributed by atoms with E-state index < -0.39 is 16.1 Å². The Balaban J connectivity index is 2.33. The predicted octanol–water partition coefficient (Wildman–Crippen LogP) is 2.72. The van der Waals surface area contributed by atoms with Gasteiger partial charge in [-0.1, -0.05) is 13.0 Å². The van der Waals surface area contributed by atoms with Crippen molar-refractivity contribution in [3.05, 3.63) is 29.3 Å². The van der Waals surface area contributed by atoms with Crippen molar-refractivity contribution in [2.45, 2.75) is 46.6 Å². The number of hydrogen-bond donors (Lipinski definition) is 0. The van der Waals surface area contributed by atoms with Gasteiger partial charge in [0.2, 0.25) is 15.9 Å². The number of likely N-dealkylation sites (tertiary alicyclic amines) is 1. The second kappa shape index (κ2) is 7.13. The van der Waals surface area contributed by atoms with Crippen LogP contribution in [0.3, 0.4) is 0 Å². The van der Waals surface area contributed by atoms with Gasteiger partial charge in [0.25, 0.3) is 0 Å². The van der Waals surface area contributed by atoms with E-state index in [1.807, 2.05) is 26.0 Å². The van der Waals surface area contributed by atoms with Crippen LogP contribution in [0, 0.1) is 19.8 Å². The van der Waals surface area contributed by atoms with E-state index in [0.717, 1.165) is 30.2 Å². The summed E-state index contributed by atoms with van der Waals surface area (Å²) in [5.41, 5.74) is 2.65. The van der Waals surface area contributed by atoms with Gasteiger partial charge in [-0.3, -0.25) is 9.10 Å². The van der Waals surface area contributed by atoms with Gasteiger partial charge in [-0.15, -0.1) is 0 Å². The second-order valence-electron chi connectivity index (χ2n) is 7.04. The average Bonchev–Trinajstić information content (AvgIpc) is 2.48. The summed E-state index contributed by atoms with van der Waals surface area (Å²) < 4.78 is 26.0. The van der Waals surface area contributed by atoms with Crippen LogP contribution in [0.25, 0.3) is 0 Å². The highest BCUT2D eigenvalue weighted by molar-refractivity contribution is 7.92. The molecule has 2 rings (SSSR count). The van der Waals surface area contributed by atoms with Crippen LogP contribution in [0.2, 0.25) is 0 Å². The smallest absolute Gasteiger partial charge is 0.246 e. The SMILES string of the molecule is Cc1ccc(N([C@H](C)C(=O)N2CCC[C@@H](C)C2)S(C)(=O)=O)cc1C. The van der Waals surface area contributed by atoms with Crippen molar-refractivity contribution in [2.24, 2.45) is 5.92 Å². The number of anilines is 1. The number of benzene rings is 1. The van der Waals surface area contributed by atoms with Crippen molar-refractivity contribution in [3.63, 3.8) is 0 Å². The lowest BCUT2D eigenvalue weighted by Gasteiger charge is -2.36. The predicted molar refractivity (Wildman–Crippen MR) is 97.7 cm³/mol. The molecular formula is C18H28N2O3S. The van der Waals surface area contributed by atoms with Gasteiger partial charge in [0.15, 0.2) is 0 Å². The summed E-state index contributed by atoms with van der Waals surface area (Å²) in [6.07, 6.45) is 3.25. The van der Waals surface area contributed by atoms with Crippen molar-refractivity contribution in [1.29, 1.82) is 0 Å². The Morgan fingerprint density at radius 3 is 2.50 bits per heavy atom. The Hall–Kier alpha value is -1.56. The molecule has 6 heteroatoms. The third kappa shape index (κ3) is 4.09. The fourth-order valence-electron chi connectivity index (χ4n) is 3.32. The molecule has 134 valence electrons. The molecule has 0 aromatic heterocycles. The average molecular weight is 353 g/mol. The largest absolute Gasteiger partial charge is 0.341 e. The Bertz CT molecular complexity index is 715. The molecule has 2 atom stereocenters. The summed E-state index contributed by atoms with van der Waals surface area (Å²) >= 11 is 0. The zero-order valence-corrected chi connectivity index (χ0v) is 16.1. The summed E-state index contributed by atoms with van der Waals surface area (Å²) in [6.45, 7) is 9.14. The normalized spacial score (nSPS) is 19.9. The third-order valence-electron chi connectivity index (χ3n) is 4.78. The zero-order valence-electron chi connectivity index (χ0n) is 15.2. The topological polar surface area (TPSA) is 57.7 Å². The first kappa shape index (κ1) is 18.8. The molecule has 1 aromatic carbocycles. The van der Waals surface area contributed by atoms with Crippen molar-refractivity contribution in [3.8, 4) is 0 Å². The van der Waals surface area contributed by atoms with Crippen LogP contribution >= 0.6 is 0 Å². The standard InChI is InChI=1S/C18H28N2O3S/c1-13-7-6-10-19(12-13)18(21)16(4)20(24(5,22)23)17-9-8-14(2)15(3)11-17/h8-9,11,13,16H,6-7,10,12H2,1-5H3/t13-,16-/m1/s1. The summed E-state index contributed by atoms with van der Waals surface area (Å²) in [6, 6.07) is 4.75. The first-order valence-corrected chi connectivity index (χ1v) is 10.3. The Labute approximate surface area is 145 Å². The van der Waals surface area contributed by atoms with Crippen LogP contribution < -0.4 is 4.31 Å². The molecule has 0 radical (unpaired) electrons. The lowest BCUT2D eigenvalue weighted by atomic mass is 9.99. The summed E-state index contributed by atoms with van der Waals surface area (Å²) in [4.78, 5) is 14.7. The van der Waals surface area contributed by atoms with E-state index in [1.54, 1.807) is 17.9 Å². The Morgan fingerprint density at radius 1 is 1.29 bits per heavy atom. The molecule has 0 unspecified atom stereocenters. The maximum atomic E-state index is 12.9. The van der Waals surface area contributed by atoms with Crippen LogP contribution in [-0.2, 0) is 14.8 Å². The van der Waals surface area contributed by atoms with E-state index >= 15 is 0 Å². The van der Waals surface area contributed by atoms with E-state index in [4.69, 9.17) is 0 Å². The van der Waals surface area contributed by atoms with Crippen molar-refractivity contribution < 1.29 is 13.2 Å². The number of rotatable bonds is 4. The molecule has 1 amide bonds. The molecule has 1 aliphatic rings. The second-order valence-corrected chi connectivity index (χ2v) is 8.89. The molecule has 1 fully saturated rings. The van der Waals surface area contributed by atoms with Crippen LogP contribution in [0.1, 0.15) is 37.8 Å². The fraction of sp³-hybridized carbons (Fsp3) is 0.611. The van der Waals surface area contributed by atoms with Gasteiger partial charge in [-0.05, 0) is 62.8 Å². The van der Waals surface area contributed by atoms with Crippen LogP contribution in [-0.4, -0.2) is 44.6 Å². The molecule has 24 heavy (non-hydrogen) atoms. The fourth-order valence-corrected chi connectivity index (χ4v) is 4.48. The van der Waals surface area contributed by atoms with Gasteiger partial charge in [0.05, 0.1) is 11.9 Å². The first-order valence-electron chi connectivity index (χ1n) is 8.46. The van der Waals surface area contributed by atoms with Crippen molar-refractivity contribution in [1.82, 2.24) is 4.90 Å². The summed E-state index contributed by atoms with van der Waals surface area (Å²) in [7, 11) is -3.56. The van der Waals surface area contributed by atoms with Crippen molar-refractivity contribution >= 4 is 21.6 Å². The van der Waals surface area contributed by atoms with E-state index in [-0.39, 0.29) is 5.91 Å². The van der Waals surface area contributed by atoms with Crippen LogP contribution in [0.15, 0.2) is 18.2 Å². The monoisotopic (exact) mass is 352 g/mol. The number of piperidine rings is 1. The summed E-state index contributed by atoms with van der Waals surface area (Å²) in [5.74, 6) is 0.341. The molecule has 0 spiro atoms. The third-order valence-corrected chi connectivity index (χ3v) is 6.02. The van der Waals surface area contributed by atoms with E-state index in [1.165, 1.54) is 4.31 Å². The molecule has 5 nitrogen and oxygen atoms in total. The van der Waals surface area contributed by atoms with E-state index in [9.17, 15) is 13.2 Å². The summed E-state index contributed by atoms with van der Waals surface area (Å²) in [5, 5.41) is 0. The number of aryl methyl sites for hydroxylation is 2. The minimum atomic E-state index is -3.56. The minimum Gasteiger partial charge on any atom is -0.341 e. The molecule has 0 N–H and O–H groups in total. The number of amides is 1. The maximum Gasteiger partial charge on any atom is 0.246 e. The lowest BCUT2D eigenvalue weighted by Crippen LogP contribution is -2.51. The van der Waals surface area contributed by atoms with Gasteiger partial charge in [-0.2, -0.15) is 0 Å². The van der Waals surface area contributed by atoms with Gasteiger partial charge in [-0.25, -0.2) is 8.42 Å². The van der Waals surface area contributed by atoms with E-state index in [2.05, 4.69) is 6.92 Å². The molecule has 1 aromatic rings. The highest BCUT2D eigenvalue weighted by atomic mass is 32.2. The maximum absolute atomic E-state index is 12.9. The quantitative estimate of drug-likeness (QED) is 0.837. The van der Waals surface area contributed by atoms with Gasteiger partial charge in [0.1, 0.15) is 6.04 Å². The number of nitrogens with zero attached hydrogens (tertiary/aromatic N) is 2. The van der Waals surface area contributed by atoms with Gasteiger partial charge in [0, 0.05) is 13.1 Å². The number of sulfonamides is 1. The Kier molecular flexibility index (Phi) is 5.58. The molecule has 0 aliphatic carbocycles. The molecule has 1 saturated heterocycles. The zero-order chi connectivity index (χ0) is 18.1.